The van der Waals surface area contributed by atoms with Crippen LogP contribution in [0.2, 0.25) is 0 Å². The number of hydrogen-bond donors (Lipinski definition) is 2. The van der Waals surface area contributed by atoms with Gasteiger partial charge in [0, 0.05) is 11.9 Å². The molecular weight excluding hydrogens is 288 g/mol. The van der Waals surface area contributed by atoms with E-state index in [1.165, 1.54) is 11.1 Å². The van der Waals surface area contributed by atoms with E-state index in [2.05, 4.69) is 50.7 Å². The Bertz CT molecular complexity index is 768. The van der Waals surface area contributed by atoms with E-state index in [-0.39, 0.29) is 0 Å². The predicted molar refractivity (Wildman–Crippen MR) is 90.6 cm³/mol. The van der Waals surface area contributed by atoms with E-state index >= 15 is 0 Å². The molecule has 6 nitrogen and oxygen atoms in total. The van der Waals surface area contributed by atoms with E-state index in [1.807, 2.05) is 30.3 Å². The number of pyridine rings is 1. The summed E-state index contributed by atoms with van der Waals surface area (Å²) in [6, 6.07) is 12.0. The van der Waals surface area contributed by atoms with Gasteiger partial charge in [0.1, 0.15) is 0 Å². The Morgan fingerprint density at radius 1 is 1.04 bits per heavy atom. The van der Waals surface area contributed by atoms with E-state index in [0.717, 1.165) is 11.4 Å². The normalized spacial score (nSPS) is 10.3. The number of hydrogen-bond acceptors (Lipinski definition) is 6. The molecule has 0 fully saturated rings. The zero-order chi connectivity index (χ0) is 16.1. The van der Waals surface area contributed by atoms with Crippen molar-refractivity contribution in [3.8, 4) is 0 Å². The highest BCUT2D eigenvalue weighted by atomic mass is 15.3. The second-order valence-electron chi connectivity index (χ2n) is 5.34. The first-order valence-electron chi connectivity index (χ1n) is 7.38. The van der Waals surface area contributed by atoms with E-state index in [1.54, 1.807) is 12.4 Å². The third-order valence-electron chi connectivity index (χ3n) is 3.21. The predicted octanol–water partition coefficient (Wildman–Crippen LogP) is 3.24. The number of nitrogens with one attached hydrogen (secondary N) is 2. The van der Waals surface area contributed by atoms with Crippen molar-refractivity contribution in [2.45, 2.75) is 20.4 Å². The van der Waals surface area contributed by atoms with E-state index in [4.69, 9.17) is 0 Å². The van der Waals surface area contributed by atoms with Crippen molar-refractivity contribution >= 4 is 17.5 Å². The molecule has 0 saturated carbocycles. The van der Waals surface area contributed by atoms with Crippen molar-refractivity contribution in [2.75, 3.05) is 10.6 Å². The summed E-state index contributed by atoms with van der Waals surface area (Å²) in [6.45, 7) is 4.70. The molecule has 1 aromatic carbocycles. The standard InChI is InChI=1S/C17H18N6/c1-12-7-13(2)9-15(8-12)21-17-22-16(11-20-23-17)19-10-14-5-3-4-6-18-14/h3-9,11H,10H2,1-2H3,(H2,19,21,22,23). The molecule has 0 aliphatic rings. The Kier molecular flexibility index (Phi) is 4.42. The van der Waals surface area contributed by atoms with Gasteiger partial charge in [-0.3, -0.25) is 4.98 Å². The molecule has 116 valence electrons. The van der Waals surface area contributed by atoms with Gasteiger partial charge in [0.05, 0.1) is 18.4 Å². The zero-order valence-electron chi connectivity index (χ0n) is 13.1. The molecule has 3 aromatic rings. The molecule has 0 saturated heterocycles. The van der Waals surface area contributed by atoms with Crippen LogP contribution in [0.5, 0.6) is 0 Å². The number of nitrogens with zero attached hydrogens (tertiary/aromatic N) is 4. The molecule has 2 aromatic heterocycles. The Morgan fingerprint density at radius 3 is 2.61 bits per heavy atom. The van der Waals surface area contributed by atoms with Crippen molar-refractivity contribution in [1.29, 1.82) is 0 Å². The Morgan fingerprint density at radius 2 is 1.87 bits per heavy atom. The fourth-order valence-electron chi connectivity index (χ4n) is 2.30. The van der Waals surface area contributed by atoms with Gasteiger partial charge in [0.25, 0.3) is 0 Å². The topological polar surface area (TPSA) is 75.6 Å². The fourth-order valence-corrected chi connectivity index (χ4v) is 2.30. The van der Waals surface area contributed by atoms with Gasteiger partial charge in [-0.2, -0.15) is 10.1 Å². The van der Waals surface area contributed by atoms with Crippen LogP contribution in [0.4, 0.5) is 17.5 Å². The molecule has 3 rings (SSSR count). The number of rotatable bonds is 5. The maximum atomic E-state index is 4.42. The molecule has 23 heavy (non-hydrogen) atoms. The smallest absolute Gasteiger partial charge is 0.249 e. The van der Waals surface area contributed by atoms with Gasteiger partial charge in [-0.05, 0) is 49.2 Å². The molecule has 0 atom stereocenters. The summed E-state index contributed by atoms with van der Waals surface area (Å²) in [5.74, 6) is 1.11. The van der Waals surface area contributed by atoms with Gasteiger partial charge >= 0.3 is 0 Å². The van der Waals surface area contributed by atoms with Crippen LogP contribution < -0.4 is 10.6 Å². The summed E-state index contributed by atoms with van der Waals surface area (Å²) < 4.78 is 0. The van der Waals surface area contributed by atoms with Gasteiger partial charge < -0.3 is 10.6 Å². The summed E-state index contributed by atoms with van der Waals surface area (Å²) in [5.41, 5.74) is 4.26. The molecule has 0 spiro atoms. The lowest BCUT2D eigenvalue weighted by Gasteiger charge is -2.08. The van der Waals surface area contributed by atoms with Crippen LogP contribution in [0.1, 0.15) is 16.8 Å². The molecule has 0 radical (unpaired) electrons. The Labute approximate surface area is 135 Å². The van der Waals surface area contributed by atoms with Crippen LogP contribution in [0.3, 0.4) is 0 Å². The SMILES string of the molecule is Cc1cc(C)cc(Nc2nncc(NCc3ccccn3)n2)c1. The Balaban J connectivity index is 1.69. The van der Waals surface area contributed by atoms with Crippen molar-refractivity contribution in [1.82, 2.24) is 20.2 Å². The van der Waals surface area contributed by atoms with Crippen LogP contribution in [0.25, 0.3) is 0 Å². The van der Waals surface area contributed by atoms with Crippen LogP contribution in [-0.4, -0.2) is 20.2 Å². The van der Waals surface area contributed by atoms with Gasteiger partial charge in [-0.25, -0.2) is 0 Å². The molecule has 2 heterocycles. The maximum Gasteiger partial charge on any atom is 0.249 e. The highest BCUT2D eigenvalue weighted by Gasteiger charge is 2.03. The molecular formula is C17H18N6. The molecule has 6 heteroatoms. The summed E-state index contributed by atoms with van der Waals surface area (Å²) in [4.78, 5) is 8.68. The lowest BCUT2D eigenvalue weighted by molar-refractivity contribution is 0.955. The summed E-state index contributed by atoms with van der Waals surface area (Å²) in [7, 11) is 0. The van der Waals surface area contributed by atoms with Crippen LogP contribution >= 0.6 is 0 Å². The van der Waals surface area contributed by atoms with E-state index in [9.17, 15) is 0 Å². The van der Waals surface area contributed by atoms with Crippen molar-refractivity contribution < 1.29 is 0 Å². The van der Waals surface area contributed by atoms with E-state index < -0.39 is 0 Å². The van der Waals surface area contributed by atoms with Crippen LogP contribution in [-0.2, 0) is 6.54 Å². The van der Waals surface area contributed by atoms with Gasteiger partial charge in [-0.15, -0.1) is 5.10 Å². The third kappa shape index (κ3) is 4.23. The summed E-state index contributed by atoms with van der Waals surface area (Å²) >= 11 is 0. The van der Waals surface area contributed by atoms with Crippen LogP contribution in [0, 0.1) is 13.8 Å². The molecule has 0 unspecified atom stereocenters. The Hall–Kier alpha value is -3.02. The number of aromatic nitrogens is 4. The number of aryl methyl sites for hydroxylation is 2. The van der Waals surface area contributed by atoms with E-state index in [0.29, 0.717) is 18.3 Å². The first kappa shape index (κ1) is 14.9. The summed E-state index contributed by atoms with van der Waals surface area (Å²) in [5, 5.41) is 14.4. The minimum Gasteiger partial charge on any atom is -0.363 e. The van der Waals surface area contributed by atoms with Gasteiger partial charge in [0.2, 0.25) is 5.95 Å². The largest absolute Gasteiger partial charge is 0.363 e. The van der Waals surface area contributed by atoms with Gasteiger partial charge in [-0.1, -0.05) is 12.1 Å². The molecule has 0 aliphatic carbocycles. The lowest BCUT2D eigenvalue weighted by Crippen LogP contribution is -2.06. The third-order valence-corrected chi connectivity index (χ3v) is 3.21. The van der Waals surface area contributed by atoms with Gasteiger partial charge in [0.15, 0.2) is 5.82 Å². The fraction of sp³-hybridized carbons (Fsp3) is 0.176. The number of anilines is 3. The number of benzene rings is 1. The highest BCUT2D eigenvalue weighted by molar-refractivity contribution is 5.56. The quantitative estimate of drug-likeness (QED) is 0.753. The second-order valence-corrected chi connectivity index (χ2v) is 5.34. The monoisotopic (exact) mass is 306 g/mol. The average Bonchev–Trinajstić information content (AvgIpc) is 2.53. The summed E-state index contributed by atoms with van der Waals surface area (Å²) in [6.07, 6.45) is 3.36. The van der Waals surface area contributed by atoms with Crippen molar-refractivity contribution in [3.63, 3.8) is 0 Å². The minimum atomic E-state index is 0.459. The lowest BCUT2D eigenvalue weighted by atomic mass is 10.1. The molecule has 0 bridgehead atoms. The maximum absolute atomic E-state index is 4.42. The first-order valence-corrected chi connectivity index (χ1v) is 7.38. The minimum absolute atomic E-state index is 0.459. The van der Waals surface area contributed by atoms with Crippen molar-refractivity contribution in [3.05, 3.63) is 65.6 Å². The second kappa shape index (κ2) is 6.83. The van der Waals surface area contributed by atoms with Crippen LogP contribution in [0.15, 0.2) is 48.8 Å². The first-order chi connectivity index (χ1) is 11.2. The van der Waals surface area contributed by atoms with Crippen molar-refractivity contribution in [2.24, 2.45) is 0 Å². The molecule has 0 aliphatic heterocycles. The zero-order valence-corrected chi connectivity index (χ0v) is 13.1. The molecule has 2 N–H and O–H groups in total. The average molecular weight is 306 g/mol. The molecule has 0 amide bonds. The highest BCUT2D eigenvalue weighted by Crippen LogP contribution is 2.17.